The molecular weight excluding hydrogens is 294 g/mol. The van der Waals surface area contributed by atoms with E-state index in [2.05, 4.69) is 0 Å². The summed E-state index contributed by atoms with van der Waals surface area (Å²) in [5.41, 5.74) is 1.57. The highest BCUT2D eigenvalue weighted by Crippen LogP contribution is 2.29. The number of rotatable bonds is 4. The van der Waals surface area contributed by atoms with Crippen LogP contribution < -0.4 is 4.90 Å². The third kappa shape index (κ3) is 2.76. The molecule has 0 radical (unpaired) electrons. The Labute approximate surface area is 132 Å². The number of nitrogens with zero attached hydrogens (tertiary/aromatic N) is 1. The monoisotopic (exact) mass is 307 g/mol. The standard InChI is InChI=1S/C18H13NO4/c20-16-14-11-13(18(22)23)8-9-15(14)19(17(16)21)10-4-7-12-5-2-1-3-6-12/h1-9,11H,10H2,(H,22,23)/b7-4+. The minimum absolute atomic E-state index is 0.00780. The number of fused-ring (bicyclic) bond motifs is 1. The second kappa shape index (κ2) is 5.88. The van der Waals surface area contributed by atoms with Gasteiger partial charge in [0.25, 0.3) is 11.7 Å². The van der Waals surface area contributed by atoms with Gasteiger partial charge in [0.1, 0.15) is 0 Å². The number of carboxylic acid groups (broad SMARTS) is 1. The van der Waals surface area contributed by atoms with Gasteiger partial charge < -0.3 is 10.0 Å². The van der Waals surface area contributed by atoms with Crippen LogP contribution in [0.4, 0.5) is 5.69 Å². The molecule has 23 heavy (non-hydrogen) atoms. The molecule has 1 heterocycles. The van der Waals surface area contributed by atoms with E-state index in [4.69, 9.17) is 5.11 Å². The molecule has 5 heteroatoms. The highest BCUT2D eigenvalue weighted by Gasteiger charge is 2.35. The third-order valence-electron chi connectivity index (χ3n) is 3.62. The highest BCUT2D eigenvalue weighted by molar-refractivity contribution is 6.52. The molecule has 0 saturated carbocycles. The molecule has 0 fully saturated rings. The molecule has 0 unspecified atom stereocenters. The number of carbonyl (C=O) groups is 3. The summed E-state index contributed by atoms with van der Waals surface area (Å²) in [6.45, 7) is 0.249. The van der Waals surface area contributed by atoms with E-state index in [0.29, 0.717) is 5.69 Å². The molecule has 1 amide bonds. The molecule has 1 aliphatic heterocycles. The summed E-state index contributed by atoms with van der Waals surface area (Å²) in [4.78, 5) is 36.4. The fourth-order valence-corrected chi connectivity index (χ4v) is 2.47. The Morgan fingerprint density at radius 1 is 1.09 bits per heavy atom. The molecule has 1 N–H and O–H groups in total. The summed E-state index contributed by atoms with van der Waals surface area (Å²) in [6, 6.07) is 13.7. The average Bonchev–Trinajstić information content (AvgIpc) is 2.80. The number of carboxylic acids is 1. The van der Waals surface area contributed by atoms with Crippen LogP contribution in [0.15, 0.2) is 54.6 Å². The van der Waals surface area contributed by atoms with Crippen LogP contribution in [0.2, 0.25) is 0 Å². The van der Waals surface area contributed by atoms with Crippen molar-refractivity contribution < 1.29 is 19.5 Å². The van der Waals surface area contributed by atoms with E-state index < -0.39 is 17.7 Å². The molecule has 114 valence electrons. The van der Waals surface area contributed by atoms with E-state index in [-0.39, 0.29) is 17.7 Å². The van der Waals surface area contributed by atoms with E-state index in [9.17, 15) is 14.4 Å². The molecule has 2 aromatic carbocycles. The smallest absolute Gasteiger partial charge is 0.335 e. The van der Waals surface area contributed by atoms with Crippen molar-refractivity contribution in [2.45, 2.75) is 0 Å². The largest absolute Gasteiger partial charge is 0.478 e. The number of aromatic carboxylic acids is 1. The van der Waals surface area contributed by atoms with Crippen LogP contribution in [0.25, 0.3) is 6.08 Å². The van der Waals surface area contributed by atoms with Gasteiger partial charge in [0.15, 0.2) is 0 Å². The van der Waals surface area contributed by atoms with Gasteiger partial charge in [0.2, 0.25) is 0 Å². The van der Waals surface area contributed by atoms with Crippen LogP contribution in [-0.2, 0) is 4.79 Å². The first-order valence-corrected chi connectivity index (χ1v) is 7.03. The number of carbonyl (C=O) groups excluding carboxylic acids is 2. The maximum atomic E-state index is 12.1. The number of hydrogen-bond donors (Lipinski definition) is 1. The van der Waals surface area contributed by atoms with Crippen LogP contribution in [0.3, 0.4) is 0 Å². The van der Waals surface area contributed by atoms with Crippen molar-refractivity contribution in [3.05, 3.63) is 71.3 Å². The second-order valence-corrected chi connectivity index (χ2v) is 5.10. The zero-order chi connectivity index (χ0) is 16.4. The summed E-state index contributed by atoms with van der Waals surface area (Å²) >= 11 is 0. The average molecular weight is 307 g/mol. The van der Waals surface area contributed by atoms with Gasteiger partial charge >= 0.3 is 5.97 Å². The van der Waals surface area contributed by atoms with Crippen molar-refractivity contribution in [1.29, 1.82) is 0 Å². The number of ketones is 1. The molecule has 0 aromatic heterocycles. The molecule has 1 aliphatic rings. The lowest BCUT2D eigenvalue weighted by Gasteiger charge is -2.13. The second-order valence-electron chi connectivity index (χ2n) is 5.10. The van der Waals surface area contributed by atoms with Crippen molar-refractivity contribution >= 4 is 29.4 Å². The normalized spacial score (nSPS) is 13.7. The van der Waals surface area contributed by atoms with Crippen molar-refractivity contribution in [3.63, 3.8) is 0 Å². The Morgan fingerprint density at radius 3 is 2.52 bits per heavy atom. The van der Waals surface area contributed by atoms with E-state index in [1.807, 2.05) is 36.4 Å². The number of amides is 1. The lowest BCUT2D eigenvalue weighted by molar-refractivity contribution is -0.114. The molecule has 0 aliphatic carbocycles. The van der Waals surface area contributed by atoms with E-state index in [0.717, 1.165) is 5.56 Å². The number of Topliss-reactive ketones (excluding diaryl/α,β-unsaturated/α-hetero) is 1. The third-order valence-corrected chi connectivity index (χ3v) is 3.62. The predicted molar refractivity (Wildman–Crippen MR) is 85.6 cm³/mol. The predicted octanol–water partition coefficient (Wildman–Crippen LogP) is 2.63. The zero-order valence-corrected chi connectivity index (χ0v) is 12.1. The van der Waals surface area contributed by atoms with Gasteiger partial charge in [-0.15, -0.1) is 0 Å². The first kappa shape index (κ1) is 14.7. The van der Waals surface area contributed by atoms with Crippen LogP contribution in [-0.4, -0.2) is 29.3 Å². The van der Waals surface area contributed by atoms with Crippen molar-refractivity contribution in [2.24, 2.45) is 0 Å². The first-order valence-electron chi connectivity index (χ1n) is 7.03. The fourth-order valence-electron chi connectivity index (χ4n) is 2.47. The van der Waals surface area contributed by atoms with Gasteiger partial charge in [-0.2, -0.15) is 0 Å². The Bertz CT molecular complexity index is 824. The van der Waals surface area contributed by atoms with E-state index in [1.165, 1.54) is 23.1 Å². The first-order chi connectivity index (χ1) is 11.1. The molecule has 2 aromatic rings. The van der Waals surface area contributed by atoms with E-state index in [1.54, 1.807) is 6.08 Å². The summed E-state index contributed by atoms with van der Waals surface area (Å²) in [5, 5.41) is 8.98. The molecule has 5 nitrogen and oxygen atoms in total. The quantitative estimate of drug-likeness (QED) is 0.881. The van der Waals surface area contributed by atoms with Crippen LogP contribution >= 0.6 is 0 Å². The Kier molecular flexibility index (Phi) is 3.76. The molecule has 0 spiro atoms. The lowest BCUT2D eigenvalue weighted by Crippen LogP contribution is -2.29. The molecule has 0 saturated heterocycles. The lowest BCUT2D eigenvalue weighted by atomic mass is 10.1. The minimum atomic E-state index is -1.13. The van der Waals surface area contributed by atoms with Gasteiger partial charge in [-0.25, -0.2) is 4.79 Å². The highest BCUT2D eigenvalue weighted by atomic mass is 16.4. The van der Waals surface area contributed by atoms with E-state index >= 15 is 0 Å². The molecular formula is C18H13NO4. The van der Waals surface area contributed by atoms with Crippen molar-refractivity contribution in [2.75, 3.05) is 11.4 Å². The minimum Gasteiger partial charge on any atom is -0.478 e. The molecule has 3 rings (SSSR count). The van der Waals surface area contributed by atoms with Gasteiger partial charge in [-0.1, -0.05) is 42.5 Å². The fraction of sp³-hybridized carbons (Fsp3) is 0.0556. The van der Waals surface area contributed by atoms with Gasteiger partial charge in [0.05, 0.1) is 16.8 Å². The SMILES string of the molecule is O=C(O)c1ccc2c(c1)C(=O)C(=O)N2C/C=C/c1ccccc1. The van der Waals surface area contributed by atoms with Gasteiger partial charge in [-0.3, -0.25) is 9.59 Å². The summed E-state index contributed by atoms with van der Waals surface area (Å²) < 4.78 is 0. The number of anilines is 1. The number of benzene rings is 2. The Hall–Kier alpha value is -3.21. The van der Waals surface area contributed by atoms with Gasteiger partial charge in [-0.05, 0) is 23.8 Å². The Balaban J connectivity index is 1.85. The Morgan fingerprint density at radius 2 is 1.83 bits per heavy atom. The molecule has 0 atom stereocenters. The number of hydrogen-bond acceptors (Lipinski definition) is 3. The summed E-state index contributed by atoms with van der Waals surface area (Å²) in [7, 11) is 0. The van der Waals surface area contributed by atoms with Gasteiger partial charge in [0, 0.05) is 6.54 Å². The van der Waals surface area contributed by atoms with Crippen molar-refractivity contribution in [3.8, 4) is 0 Å². The van der Waals surface area contributed by atoms with Crippen LogP contribution in [0, 0.1) is 0 Å². The maximum Gasteiger partial charge on any atom is 0.335 e. The van der Waals surface area contributed by atoms with Crippen LogP contribution in [0.1, 0.15) is 26.3 Å². The topological polar surface area (TPSA) is 74.7 Å². The summed E-state index contributed by atoms with van der Waals surface area (Å²) in [5.74, 6) is -2.44. The van der Waals surface area contributed by atoms with Crippen molar-refractivity contribution in [1.82, 2.24) is 0 Å². The molecule has 0 bridgehead atoms. The van der Waals surface area contributed by atoms with Crippen LogP contribution in [0.5, 0.6) is 0 Å². The zero-order valence-electron chi connectivity index (χ0n) is 12.1. The maximum absolute atomic E-state index is 12.1. The summed E-state index contributed by atoms with van der Waals surface area (Å²) in [6.07, 6.45) is 3.65.